The van der Waals surface area contributed by atoms with Gasteiger partial charge < -0.3 is 30.9 Å². The number of aliphatic carboxylic acids is 2. The normalized spacial score (nSPS) is 18.9. The number of nitrogens with two attached hydrogens (primary N) is 1. The van der Waals surface area contributed by atoms with Crippen LogP contribution in [-0.2, 0) is 30.6 Å². The summed E-state index contributed by atoms with van der Waals surface area (Å²) in [4.78, 5) is 59.2. The standard InChI is InChI=1S/C23H21N7O7S3/c1-37-27-16(12-10-40-23(24)25-12)19(33)26-17-20(34)30-18(22(35)36)11(9-39-21(17)30)8-38-14-4-2-3-13-28(7-15(31)32)5-6-29(13)14/h2-6,10,17,21H,7-9H2,1H3,(H4-,24,25,26,31,32,33,35,36)/b27-16-/t17-,21+/m1/s1. The van der Waals surface area contributed by atoms with Crippen LogP contribution in [0.5, 0.6) is 0 Å². The van der Waals surface area contributed by atoms with E-state index in [1.807, 2.05) is 6.07 Å². The number of thiazole rings is 1. The molecule has 0 unspecified atom stereocenters. The van der Waals surface area contributed by atoms with Crippen LogP contribution < -0.4 is 20.7 Å². The number of oxime groups is 1. The number of rotatable bonds is 10. The van der Waals surface area contributed by atoms with Gasteiger partial charge >= 0.3 is 5.97 Å². The summed E-state index contributed by atoms with van der Waals surface area (Å²) >= 11 is 3.77. The van der Waals surface area contributed by atoms with Crippen LogP contribution in [0.15, 0.2) is 57.4 Å². The molecule has 40 heavy (non-hydrogen) atoms. The number of nitrogens with zero attached hydrogens (tertiary/aromatic N) is 5. The molecule has 0 radical (unpaired) electrons. The number of hydrogen-bond acceptors (Lipinski definition) is 12. The van der Waals surface area contributed by atoms with Gasteiger partial charge in [0.15, 0.2) is 22.4 Å². The van der Waals surface area contributed by atoms with Gasteiger partial charge in [-0.15, -0.1) is 23.1 Å². The Morgan fingerprint density at radius 2 is 2.20 bits per heavy atom. The minimum absolute atomic E-state index is 0.167. The molecule has 0 aliphatic carbocycles. The van der Waals surface area contributed by atoms with Gasteiger partial charge in [0.05, 0.1) is 11.7 Å². The predicted octanol–water partition coefficient (Wildman–Crippen LogP) is -1.10. The van der Waals surface area contributed by atoms with Crippen molar-refractivity contribution in [1.29, 1.82) is 0 Å². The van der Waals surface area contributed by atoms with Crippen LogP contribution in [0.2, 0.25) is 0 Å². The number of nitrogen functional groups attached to an aromatic ring is 1. The third kappa shape index (κ3) is 5.09. The first kappa shape index (κ1) is 27.5. The highest BCUT2D eigenvalue weighted by Gasteiger charge is 2.53. The molecule has 14 nitrogen and oxygen atoms in total. The van der Waals surface area contributed by atoms with Crippen LogP contribution >= 0.6 is 34.9 Å². The Balaban J connectivity index is 1.32. The van der Waals surface area contributed by atoms with Gasteiger partial charge in [-0.25, -0.2) is 14.3 Å². The molecule has 5 rings (SSSR count). The average molecular weight is 604 g/mol. The highest BCUT2D eigenvalue weighted by molar-refractivity contribution is 8.01. The van der Waals surface area contributed by atoms with Gasteiger partial charge in [-0.05, 0) is 17.7 Å². The van der Waals surface area contributed by atoms with Gasteiger partial charge in [0.25, 0.3) is 17.5 Å². The highest BCUT2D eigenvalue weighted by Crippen LogP contribution is 2.41. The minimum atomic E-state index is -1.49. The summed E-state index contributed by atoms with van der Waals surface area (Å²) in [5, 5.41) is 29.4. The molecule has 2 aliphatic rings. The maximum atomic E-state index is 13.1. The number of carbonyl (C=O) groups excluding carboxylic acids is 3. The number of fused-ring (bicyclic) bond motifs is 2. The fraction of sp³-hybridized carbons (Fsp3) is 0.261. The molecular weight excluding hydrogens is 582 g/mol. The molecule has 2 aliphatic heterocycles. The first-order chi connectivity index (χ1) is 19.2. The molecule has 2 atom stereocenters. The molecule has 5 heterocycles. The third-order valence-electron chi connectivity index (χ3n) is 6.05. The van der Waals surface area contributed by atoms with E-state index in [1.165, 1.54) is 36.0 Å². The molecular formula is C23H21N7O7S3. The van der Waals surface area contributed by atoms with Crippen molar-refractivity contribution < 1.29 is 38.8 Å². The molecule has 2 amide bonds. The van der Waals surface area contributed by atoms with Gasteiger partial charge in [-0.1, -0.05) is 16.9 Å². The van der Waals surface area contributed by atoms with Crippen molar-refractivity contribution in [2.45, 2.75) is 23.0 Å². The van der Waals surface area contributed by atoms with Crippen molar-refractivity contribution in [3.8, 4) is 0 Å². The number of aromatic nitrogens is 3. The van der Waals surface area contributed by atoms with Crippen molar-refractivity contribution >= 4 is 75.1 Å². The highest BCUT2D eigenvalue weighted by atomic mass is 32.2. The first-order valence-corrected chi connectivity index (χ1v) is 14.5. The Labute approximate surface area is 238 Å². The number of carbonyl (C=O) groups is 4. The summed E-state index contributed by atoms with van der Waals surface area (Å²) in [6.07, 6.45) is 3.38. The predicted molar refractivity (Wildman–Crippen MR) is 143 cm³/mol. The second-order valence-electron chi connectivity index (χ2n) is 8.49. The monoisotopic (exact) mass is 603 g/mol. The van der Waals surface area contributed by atoms with Crippen LogP contribution in [-0.4, -0.2) is 78.9 Å². The lowest BCUT2D eigenvalue weighted by Gasteiger charge is -2.50. The summed E-state index contributed by atoms with van der Waals surface area (Å²) in [7, 11) is 1.26. The summed E-state index contributed by atoms with van der Waals surface area (Å²) in [5.41, 5.74) is 6.60. The molecule has 17 heteroatoms. The zero-order chi connectivity index (χ0) is 28.6. The SMILES string of the molecule is CO/N=C(\C(=O)N[C@@H]1C(=O)N2C(C(=O)[O-])=C(CSc3cccc4n3cc[n+]4CC(=O)O)CS[C@@H]12)c1csc(N)n1. The maximum Gasteiger partial charge on any atom is 0.346 e. The number of pyridine rings is 1. The number of thioether (sulfide) groups is 2. The first-order valence-electron chi connectivity index (χ1n) is 11.5. The fourth-order valence-corrected chi connectivity index (χ4v) is 7.39. The van der Waals surface area contributed by atoms with Crippen LogP contribution in [0.3, 0.4) is 0 Å². The van der Waals surface area contributed by atoms with Gasteiger partial charge in [-0.2, -0.15) is 4.40 Å². The summed E-state index contributed by atoms with van der Waals surface area (Å²) in [6.45, 7) is -0.200. The molecule has 3 aromatic heterocycles. The number of anilines is 1. The van der Waals surface area contributed by atoms with Crippen molar-refractivity contribution in [3.05, 3.63) is 52.9 Å². The fourth-order valence-electron chi connectivity index (χ4n) is 4.34. The lowest BCUT2D eigenvalue weighted by atomic mass is 10.0. The molecule has 4 N–H and O–H groups in total. The Hall–Kier alpha value is -4.09. The molecule has 0 saturated carbocycles. The topological polar surface area (TPSA) is 196 Å². The van der Waals surface area contributed by atoms with Crippen molar-refractivity contribution in [2.24, 2.45) is 5.16 Å². The van der Waals surface area contributed by atoms with E-state index >= 15 is 0 Å². The summed E-state index contributed by atoms with van der Waals surface area (Å²) in [6, 6.07) is 4.40. The minimum Gasteiger partial charge on any atom is -0.543 e. The van der Waals surface area contributed by atoms with Gasteiger partial charge in [0.1, 0.15) is 36.6 Å². The Morgan fingerprint density at radius 1 is 1.40 bits per heavy atom. The van der Waals surface area contributed by atoms with E-state index in [9.17, 15) is 24.3 Å². The Morgan fingerprint density at radius 3 is 2.88 bits per heavy atom. The summed E-state index contributed by atoms with van der Waals surface area (Å²) < 4.78 is 3.39. The van der Waals surface area contributed by atoms with Gasteiger partial charge in [0.2, 0.25) is 0 Å². The Kier molecular flexibility index (Phi) is 7.68. The average Bonchev–Trinajstić information content (AvgIpc) is 3.54. The zero-order valence-electron chi connectivity index (χ0n) is 20.7. The molecule has 208 valence electrons. The van der Waals surface area contributed by atoms with E-state index in [0.717, 1.165) is 21.3 Å². The van der Waals surface area contributed by atoms with E-state index in [-0.39, 0.29) is 34.5 Å². The number of imidazole rings is 1. The van der Waals surface area contributed by atoms with E-state index in [0.29, 0.717) is 17.0 Å². The molecule has 0 spiro atoms. The van der Waals surface area contributed by atoms with Crippen LogP contribution in [0, 0.1) is 0 Å². The van der Waals surface area contributed by atoms with E-state index in [1.54, 1.807) is 33.5 Å². The number of nitrogens with one attached hydrogen (secondary N) is 1. The number of hydrogen-bond donors (Lipinski definition) is 3. The van der Waals surface area contributed by atoms with Crippen molar-refractivity contribution in [2.75, 3.05) is 24.3 Å². The van der Waals surface area contributed by atoms with E-state index in [2.05, 4.69) is 15.5 Å². The van der Waals surface area contributed by atoms with Crippen LogP contribution in [0.1, 0.15) is 5.69 Å². The maximum absolute atomic E-state index is 13.1. The van der Waals surface area contributed by atoms with E-state index < -0.39 is 35.2 Å². The van der Waals surface area contributed by atoms with Gasteiger partial charge in [0, 0.05) is 23.0 Å². The van der Waals surface area contributed by atoms with Crippen molar-refractivity contribution in [3.63, 3.8) is 0 Å². The molecule has 0 bridgehead atoms. The Bertz CT molecular complexity index is 1600. The van der Waals surface area contributed by atoms with Crippen molar-refractivity contribution in [1.82, 2.24) is 19.6 Å². The second kappa shape index (κ2) is 11.2. The molecule has 3 aromatic rings. The second-order valence-corrected chi connectivity index (χ2v) is 11.5. The van der Waals surface area contributed by atoms with Crippen LogP contribution in [0.4, 0.5) is 5.13 Å². The lowest BCUT2D eigenvalue weighted by molar-refractivity contribution is -0.659. The van der Waals surface area contributed by atoms with Gasteiger partial charge in [-0.3, -0.25) is 14.5 Å². The number of amides is 2. The quantitative estimate of drug-likeness (QED) is 0.0836. The van der Waals surface area contributed by atoms with E-state index in [4.69, 9.17) is 15.7 Å². The number of carboxylic acids is 2. The lowest BCUT2D eigenvalue weighted by Crippen LogP contribution is -2.71. The molecule has 1 fully saturated rings. The smallest absolute Gasteiger partial charge is 0.346 e. The number of β-lactam (4-membered cyclic amide) rings is 1. The third-order valence-corrected chi connectivity index (χ3v) is 9.18. The summed E-state index contributed by atoms with van der Waals surface area (Å²) in [5.74, 6) is -3.24. The number of carboxylic acid groups (broad SMARTS) is 2. The van der Waals surface area contributed by atoms with Crippen LogP contribution in [0.25, 0.3) is 5.65 Å². The zero-order valence-corrected chi connectivity index (χ0v) is 23.1. The molecule has 1 saturated heterocycles. The molecule has 0 aromatic carbocycles. The largest absolute Gasteiger partial charge is 0.543 e.